The molecule has 1 nitrogen and oxygen atoms in total. The second-order valence-corrected chi connectivity index (χ2v) is 4.00. The van der Waals surface area contributed by atoms with Crippen LogP contribution in [0, 0.1) is 0 Å². The van der Waals surface area contributed by atoms with Crippen LogP contribution in [-0.2, 0) is 0 Å². The molecule has 0 spiro atoms. The summed E-state index contributed by atoms with van der Waals surface area (Å²) < 4.78 is 0. The Kier molecular flexibility index (Phi) is 5.60. The van der Waals surface area contributed by atoms with Crippen LogP contribution in [0.4, 0.5) is 0 Å². The summed E-state index contributed by atoms with van der Waals surface area (Å²) in [6, 6.07) is 8.27. The van der Waals surface area contributed by atoms with Gasteiger partial charge in [-0.25, -0.2) is 0 Å². The number of fused-ring (bicyclic) bond motifs is 1. The molecule has 0 fully saturated rings. The summed E-state index contributed by atoms with van der Waals surface area (Å²) >= 11 is 0. The van der Waals surface area contributed by atoms with Gasteiger partial charge in [-0.1, -0.05) is 62.9 Å². The molecular weight excluding hydrogens is 220 g/mol. The molecule has 0 amide bonds. The van der Waals surface area contributed by atoms with E-state index < -0.39 is 0 Å². The molecule has 1 aliphatic rings. The maximum atomic E-state index is 9.51. The Balaban J connectivity index is 0.000000771. The van der Waals surface area contributed by atoms with Gasteiger partial charge in [-0.05, 0) is 29.2 Å². The molecule has 0 radical (unpaired) electrons. The van der Waals surface area contributed by atoms with Crippen LogP contribution in [0.2, 0.25) is 0 Å². The summed E-state index contributed by atoms with van der Waals surface area (Å²) in [5, 5.41) is 9.51. The summed E-state index contributed by atoms with van der Waals surface area (Å²) in [4.78, 5) is 0. The summed E-state index contributed by atoms with van der Waals surface area (Å²) in [5.74, 6) is 0.118. The van der Waals surface area contributed by atoms with Gasteiger partial charge in [-0.15, -0.1) is 0 Å². The molecule has 1 aromatic carbocycles. The van der Waals surface area contributed by atoms with E-state index in [9.17, 15) is 5.11 Å². The van der Waals surface area contributed by atoms with Gasteiger partial charge >= 0.3 is 0 Å². The van der Waals surface area contributed by atoms with E-state index in [4.69, 9.17) is 0 Å². The van der Waals surface area contributed by atoms with Crippen molar-refractivity contribution in [3.8, 4) is 0 Å². The van der Waals surface area contributed by atoms with Gasteiger partial charge in [0.25, 0.3) is 0 Å². The summed E-state index contributed by atoms with van der Waals surface area (Å²) in [5.41, 5.74) is 4.94. The van der Waals surface area contributed by atoms with Crippen molar-refractivity contribution in [3.05, 3.63) is 65.8 Å². The minimum absolute atomic E-state index is 0.118. The molecule has 1 heteroatoms. The van der Waals surface area contributed by atoms with E-state index >= 15 is 0 Å². The maximum absolute atomic E-state index is 9.51. The van der Waals surface area contributed by atoms with Gasteiger partial charge in [0.1, 0.15) is 0 Å². The van der Waals surface area contributed by atoms with Crippen molar-refractivity contribution in [2.75, 3.05) is 6.61 Å². The number of hydrogen-bond donors (Lipinski definition) is 1. The molecule has 0 saturated heterocycles. The molecule has 0 aliphatic heterocycles. The Morgan fingerprint density at radius 2 is 1.94 bits per heavy atom. The first-order valence-corrected chi connectivity index (χ1v) is 6.49. The lowest BCUT2D eigenvalue weighted by molar-refractivity contribution is 0.281. The Morgan fingerprint density at radius 3 is 2.56 bits per heavy atom. The van der Waals surface area contributed by atoms with Gasteiger partial charge in [-0.3, -0.25) is 0 Å². The van der Waals surface area contributed by atoms with Crippen molar-refractivity contribution in [2.24, 2.45) is 0 Å². The molecule has 1 N–H and O–H groups in total. The fourth-order valence-corrected chi connectivity index (χ4v) is 2.34. The maximum Gasteiger partial charge on any atom is 0.0540 e. The third-order valence-electron chi connectivity index (χ3n) is 3.14. The standard InChI is InChI=1S/C15H16O.C2H6/c1-3-4-7-13-11(2)12-8-5-6-9-14(12)15(13)10-16;1-2/h3-9,15-16H,1,10H2,2H3;1-2H3/b7-4-;. The van der Waals surface area contributed by atoms with Crippen molar-refractivity contribution < 1.29 is 5.11 Å². The molecule has 18 heavy (non-hydrogen) atoms. The first-order valence-electron chi connectivity index (χ1n) is 6.49. The normalized spacial score (nSPS) is 17.4. The molecule has 1 atom stereocenters. The van der Waals surface area contributed by atoms with Gasteiger partial charge in [-0.2, -0.15) is 0 Å². The van der Waals surface area contributed by atoms with E-state index in [0.29, 0.717) is 0 Å². The van der Waals surface area contributed by atoms with E-state index in [0.717, 1.165) is 0 Å². The van der Waals surface area contributed by atoms with Crippen LogP contribution in [0.1, 0.15) is 37.8 Å². The van der Waals surface area contributed by atoms with Crippen LogP contribution in [-0.4, -0.2) is 11.7 Å². The lowest BCUT2D eigenvalue weighted by Crippen LogP contribution is -2.02. The third kappa shape index (κ3) is 2.62. The molecule has 0 bridgehead atoms. The lowest BCUT2D eigenvalue weighted by Gasteiger charge is -2.10. The highest BCUT2D eigenvalue weighted by molar-refractivity contribution is 5.79. The van der Waals surface area contributed by atoms with Crippen molar-refractivity contribution >= 4 is 5.57 Å². The minimum atomic E-state index is 0.118. The third-order valence-corrected chi connectivity index (χ3v) is 3.14. The summed E-state index contributed by atoms with van der Waals surface area (Å²) in [6.07, 6.45) is 5.73. The smallest absolute Gasteiger partial charge is 0.0540 e. The zero-order valence-corrected chi connectivity index (χ0v) is 11.5. The second kappa shape index (κ2) is 6.97. The SMILES string of the molecule is C=C/C=C\C1=C(C)c2ccccc2C1CO.CC. The Morgan fingerprint density at radius 1 is 1.28 bits per heavy atom. The van der Waals surface area contributed by atoms with Crippen LogP contribution < -0.4 is 0 Å². The lowest BCUT2D eigenvalue weighted by atomic mass is 9.96. The van der Waals surface area contributed by atoms with E-state index in [1.807, 2.05) is 38.1 Å². The van der Waals surface area contributed by atoms with E-state index in [-0.39, 0.29) is 12.5 Å². The molecule has 2 rings (SSSR count). The van der Waals surface area contributed by atoms with Crippen LogP contribution >= 0.6 is 0 Å². The number of rotatable bonds is 3. The van der Waals surface area contributed by atoms with Crippen LogP contribution in [0.5, 0.6) is 0 Å². The molecule has 1 aromatic rings. The van der Waals surface area contributed by atoms with Gasteiger partial charge < -0.3 is 5.11 Å². The Labute approximate surface area is 110 Å². The molecule has 0 aromatic heterocycles. The highest BCUT2D eigenvalue weighted by Gasteiger charge is 2.26. The molecule has 0 heterocycles. The fourth-order valence-electron chi connectivity index (χ4n) is 2.34. The number of aliphatic hydroxyl groups excluding tert-OH is 1. The largest absolute Gasteiger partial charge is 0.395 e. The van der Waals surface area contributed by atoms with Crippen molar-refractivity contribution in [1.29, 1.82) is 0 Å². The first kappa shape index (κ1) is 14.5. The van der Waals surface area contributed by atoms with E-state index in [1.54, 1.807) is 6.08 Å². The second-order valence-electron chi connectivity index (χ2n) is 4.00. The number of allylic oxidation sites excluding steroid dienone is 4. The number of hydrogen-bond acceptors (Lipinski definition) is 1. The van der Waals surface area contributed by atoms with Gasteiger partial charge in [0.2, 0.25) is 0 Å². The predicted octanol–water partition coefficient (Wildman–Crippen LogP) is 4.32. The van der Waals surface area contributed by atoms with Crippen molar-refractivity contribution in [2.45, 2.75) is 26.7 Å². The van der Waals surface area contributed by atoms with Gasteiger partial charge in [0.05, 0.1) is 6.61 Å². The highest BCUT2D eigenvalue weighted by atomic mass is 16.3. The van der Waals surface area contributed by atoms with Gasteiger partial charge in [0.15, 0.2) is 0 Å². The summed E-state index contributed by atoms with van der Waals surface area (Å²) in [7, 11) is 0. The summed E-state index contributed by atoms with van der Waals surface area (Å²) in [6.45, 7) is 9.94. The van der Waals surface area contributed by atoms with Crippen molar-refractivity contribution in [1.82, 2.24) is 0 Å². The molecule has 1 aliphatic carbocycles. The number of aliphatic hydroxyl groups is 1. The highest BCUT2D eigenvalue weighted by Crippen LogP contribution is 2.41. The predicted molar refractivity (Wildman–Crippen MR) is 79.5 cm³/mol. The van der Waals surface area contributed by atoms with Crippen LogP contribution in [0.3, 0.4) is 0 Å². The Bertz CT molecular complexity index is 466. The average molecular weight is 242 g/mol. The quantitative estimate of drug-likeness (QED) is 0.783. The minimum Gasteiger partial charge on any atom is -0.395 e. The van der Waals surface area contributed by atoms with Crippen molar-refractivity contribution in [3.63, 3.8) is 0 Å². The molecule has 96 valence electrons. The Hall–Kier alpha value is -1.60. The fraction of sp³-hybridized carbons (Fsp3) is 0.294. The zero-order valence-electron chi connectivity index (χ0n) is 11.5. The molecular formula is C17H22O. The molecule has 0 saturated carbocycles. The van der Waals surface area contributed by atoms with E-state index in [1.165, 1.54) is 22.3 Å². The monoisotopic (exact) mass is 242 g/mol. The van der Waals surface area contributed by atoms with Crippen LogP contribution in [0.15, 0.2) is 54.6 Å². The van der Waals surface area contributed by atoms with Crippen LogP contribution in [0.25, 0.3) is 5.57 Å². The van der Waals surface area contributed by atoms with E-state index in [2.05, 4.69) is 25.6 Å². The topological polar surface area (TPSA) is 20.2 Å². The average Bonchev–Trinajstić information content (AvgIpc) is 2.71. The zero-order chi connectivity index (χ0) is 13.5. The molecule has 1 unspecified atom stereocenters. The van der Waals surface area contributed by atoms with Gasteiger partial charge in [0, 0.05) is 5.92 Å². The number of benzene rings is 1. The first-order chi connectivity index (χ1) is 8.79.